The van der Waals surface area contributed by atoms with Gasteiger partial charge in [0, 0.05) is 12.8 Å². The van der Waals surface area contributed by atoms with Crippen molar-refractivity contribution in [3.05, 3.63) is 0 Å². The van der Waals surface area contributed by atoms with Gasteiger partial charge in [0.05, 0.1) is 6.42 Å². The van der Waals surface area contributed by atoms with Crippen molar-refractivity contribution < 1.29 is 38.9 Å². The van der Waals surface area contributed by atoms with Gasteiger partial charge in [-0.05, 0) is 43.4 Å². The van der Waals surface area contributed by atoms with E-state index in [-0.39, 0.29) is 24.7 Å². The molecule has 0 rings (SSSR count). The first kappa shape index (κ1) is 49.4. The van der Waals surface area contributed by atoms with Crippen molar-refractivity contribution in [2.24, 2.45) is 17.8 Å². The number of hydrogen-bond acceptors (Lipinski definition) is 6. The predicted octanol–water partition coefficient (Wildman–Crippen LogP) is 9.76. The smallest absolute Gasteiger partial charge is 0.326 e. The van der Waals surface area contributed by atoms with Gasteiger partial charge in [-0.1, -0.05) is 157 Å². The zero-order valence-electron chi connectivity index (χ0n) is 34.0. The Bertz CT molecular complexity index is 968. The minimum Gasteiger partial charge on any atom is -0.481 e. The quantitative estimate of drug-likeness (QED) is 0.0369. The van der Waals surface area contributed by atoms with E-state index in [4.69, 9.17) is 9.84 Å². The molecule has 0 bridgehead atoms. The molecular weight excluding hydrogens is 660 g/mol. The van der Waals surface area contributed by atoms with Gasteiger partial charge in [-0.2, -0.15) is 0 Å². The number of carbonyl (C=O) groups excluding carboxylic acids is 3. The largest absolute Gasteiger partial charge is 0.481 e. The highest BCUT2D eigenvalue weighted by atomic mass is 16.5. The lowest BCUT2D eigenvalue weighted by Crippen LogP contribution is -2.54. The first-order valence-corrected chi connectivity index (χ1v) is 21.0. The van der Waals surface area contributed by atoms with Crippen LogP contribution in [0.5, 0.6) is 0 Å². The van der Waals surface area contributed by atoms with Gasteiger partial charge in [0.1, 0.15) is 18.2 Å². The second-order valence-corrected chi connectivity index (χ2v) is 16.2. The fourth-order valence-electron chi connectivity index (χ4n) is 6.43. The highest BCUT2D eigenvalue weighted by Gasteiger charge is 2.30. The number of aliphatic carboxylic acids is 2. The molecule has 52 heavy (non-hydrogen) atoms. The van der Waals surface area contributed by atoms with Crippen molar-refractivity contribution in [1.29, 1.82) is 0 Å². The molecule has 0 heterocycles. The molecule has 0 aromatic heterocycles. The summed E-state index contributed by atoms with van der Waals surface area (Å²) in [4.78, 5) is 61.6. The molecule has 2 amide bonds. The van der Waals surface area contributed by atoms with Crippen molar-refractivity contribution in [2.45, 2.75) is 220 Å². The molecule has 0 saturated carbocycles. The summed E-state index contributed by atoms with van der Waals surface area (Å²) in [6, 6.07) is -2.42. The molecule has 0 saturated heterocycles. The lowest BCUT2D eigenvalue weighted by atomic mass is 10.0. The molecule has 0 aromatic carbocycles. The van der Waals surface area contributed by atoms with E-state index >= 15 is 0 Å². The molecule has 0 spiro atoms. The Labute approximate surface area is 316 Å². The van der Waals surface area contributed by atoms with Crippen LogP contribution in [0.3, 0.4) is 0 Å². The van der Waals surface area contributed by atoms with E-state index in [1.54, 1.807) is 13.8 Å². The maximum Gasteiger partial charge on any atom is 0.326 e. The van der Waals surface area contributed by atoms with Crippen molar-refractivity contribution in [1.82, 2.24) is 10.6 Å². The summed E-state index contributed by atoms with van der Waals surface area (Å²) in [5.41, 5.74) is 0. The molecule has 0 aliphatic heterocycles. The van der Waals surface area contributed by atoms with E-state index in [0.717, 1.165) is 50.4 Å². The maximum atomic E-state index is 13.2. The van der Waals surface area contributed by atoms with Crippen LogP contribution in [0, 0.1) is 17.8 Å². The van der Waals surface area contributed by atoms with Gasteiger partial charge in [0.2, 0.25) is 11.8 Å². The molecule has 304 valence electrons. The van der Waals surface area contributed by atoms with Crippen LogP contribution < -0.4 is 10.6 Å². The highest BCUT2D eigenvalue weighted by molar-refractivity contribution is 5.91. The summed E-state index contributed by atoms with van der Waals surface area (Å²) in [6.45, 7) is 12.5. The van der Waals surface area contributed by atoms with Crippen molar-refractivity contribution in [3.63, 3.8) is 0 Å². The molecule has 0 radical (unpaired) electrons. The Kier molecular flexibility index (Phi) is 30.2. The molecule has 4 N–H and O–H groups in total. The third-order valence-corrected chi connectivity index (χ3v) is 9.71. The number of nitrogens with one attached hydrogen (secondary N) is 2. The van der Waals surface area contributed by atoms with Gasteiger partial charge in [-0.3, -0.25) is 19.2 Å². The number of hydrogen-bond donors (Lipinski definition) is 4. The van der Waals surface area contributed by atoms with Gasteiger partial charge in [-0.25, -0.2) is 4.79 Å². The summed E-state index contributed by atoms with van der Waals surface area (Å²) in [7, 11) is 0. The summed E-state index contributed by atoms with van der Waals surface area (Å²) in [5.74, 6) is -2.77. The van der Waals surface area contributed by atoms with E-state index < -0.39 is 48.4 Å². The van der Waals surface area contributed by atoms with Crippen LogP contribution in [0.1, 0.15) is 202 Å². The van der Waals surface area contributed by atoms with E-state index in [1.807, 2.05) is 0 Å². The van der Waals surface area contributed by atoms with Crippen LogP contribution in [0.15, 0.2) is 0 Å². The van der Waals surface area contributed by atoms with Gasteiger partial charge >= 0.3 is 17.9 Å². The van der Waals surface area contributed by atoms with Crippen molar-refractivity contribution >= 4 is 29.7 Å². The predicted molar refractivity (Wildman–Crippen MR) is 209 cm³/mol. The Morgan fingerprint density at radius 1 is 0.519 bits per heavy atom. The monoisotopic (exact) mass is 739 g/mol. The van der Waals surface area contributed by atoms with Gasteiger partial charge in [0.15, 0.2) is 0 Å². The Hall–Kier alpha value is -2.65. The zero-order valence-corrected chi connectivity index (χ0v) is 34.0. The van der Waals surface area contributed by atoms with Crippen molar-refractivity contribution in [3.8, 4) is 0 Å². The topological polar surface area (TPSA) is 159 Å². The lowest BCUT2D eigenvalue weighted by Gasteiger charge is -2.25. The summed E-state index contributed by atoms with van der Waals surface area (Å²) in [5, 5.41) is 23.5. The molecular formula is C42H78N2O8. The number of amides is 2. The van der Waals surface area contributed by atoms with Crippen LogP contribution >= 0.6 is 0 Å². The molecule has 1 unspecified atom stereocenters. The number of carbonyl (C=O) groups is 5. The van der Waals surface area contributed by atoms with Crippen LogP contribution in [0.2, 0.25) is 0 Å². The molecule has 10 nitrogen and oxygen atoms in total. The van der Waals surface area contributed by atoms with E-state index in [9.17, 15) is 29.1 Å². The SMILES string of the molecule is CC(C)CCCCCCCCCCCC(=O)OC(CCCCCCCCCCCC(C)C)CC(=O)N[C@H](C(=O)N[C@@H](CCC(=O)O)C(=O)O)C(C)C. The average Bonchev–Trinajstić information content (AvgIpc) is 3.05. The van der Waals surface area contributed by atoms with Gasteiger partial charge in [0.25, 0.3) is 0 Å². The minimum atomic E-state index is -1.39. The van der Waals surface area contributed by atoms with Crippen LogP contribution in [0.25, 0.3) is 0 Å². The zero-order chi connectivity index (χ0) is 39.1. The molecule has 0 aliphatic carbocycles. The molecule has 10 heteroatoms. The number of rotatable bonds is 35. The first-order chi connectivity index (χ1) is 24.7. The number of carboxylic acids is 2. The summed E-state index contributed by atoms with van der Waals surface area (Å²) < 4.78 is 5.84. The van der Waals surface area contributed by atoms with E-state index in [1.165, 1.54) is 89.9 Å². The normalized spacial score (nSPS) is 13.2. The number of carboxylic acid groups (broad SMARTS) is 2. The molecule has 0 aliphatic rings. The van der Waals surface area contributed by atoms with Crippen LogP contribution in [0.4, 0.5) is 0 Å². The number of unbranched alkanes of at least 4 members (excludes halogenated alkanes) is 16. The molecule has 3 atom stereocenters. The van der Waals surface area contributed by atoms with Gasteiger partial charge in [-0.15, -0.1) is 0 Å². The number of ether oxygens (including phenoxy) is 1. The van der Waals surface area contributed by atoms with Crippen LogP contribution in [-0.2, 0) is 28.7 Å². The molecule has 0 aromatic rings. The van der Waals surface area contributed by atoms with Crippen LogP contribution in [-0.4, -0.2) is 58.1 Å². The highest BCUT2D eigenvalue weighted by Crippen LogP contribution is 2.18. The Morgan fingerprint density at radius 2 is 0.942 bits per heavy atom. The van der Waals surface area contributed by atoms with Gasteiger partial charge < -0.3 is 25.6 Å². The fraction of sp³-hybridized carbons (Fsp3) is 0.881. The first-order valence-electron chi connectivity index (χ1n) is 21.0. The number of esters is 1. The summed E-state index contributed by atoms with van der Waals surface area (Å²) >= 11 is 0. The second kappa shape index (κ2) is 31.8. The fourth-order valence-corrected chi connectivity index (χ4v) is 6.43. The minimum absolute atomic E-state index is 0.0862. The summed E-state index contributed by atoms with van der Waals surface area (Å²) in [6.07, 6.45) is 23.0. The van der Waals surface area contributed by atoms with E-state index in [0.29, 0.717) is 12.8 Å². The maximum absolute atomic E-state index is 13.2. The average molecular weight is 739 g/mol. The Morgan fingerprint density at radius 3 is 1.35 bits per heavy atom. The lowest BCUT2D eigenvalue weighted by molar-refractivity contribution is -0.151. The second-order valence-electron chi connectivity index (χ2n) is 16.2. The Balaban J connectivity index is 4.93. The van der Waals surface area contributed by atoms with Crippen molar-refractivity contribution in [2.75, 3.05) is 0 Å². The third-order valence-electron chi connectivity index (χ3n) is 9.71. The van der Waals surface area contributed by atoms with E-state index in [2.05, 4.69) is 38.3 Å². The molecule has 0 fully saturated rings. The standard InChI is InChI=1S/C42H78N2O8/c1-32(2)25-21-17-13-9-7-11-15-19-23-27-35(52-39(48)28-24-20-16-12-8-10-14-18-22-26-33(3)4)31-37(45)44-40(34(5)6)41(49)43-36(42(50)51)29-30-38(46)47/h32-36,40H,7-31H2,1-6H3,(H,43,49)(H,44,45)(H,46,47)(H,50,51)/t35?,36-,40-/m0/s1. The third kappa shape index (κ3) is 29.9.